The molecule has 8 nitrogen and oxygen atoms in total. The van der Waals surface area contributed by atoms with Crippen molar-refractivity contribution in [1.82, 2.24) is 10.6 Å². The summed E-state index contributed by atoms with van der Waals surface area (Å²) >= 11 is 5.03. The first-order valence-corrected chi connectivity index (χ1v) is 12.7. The molecule has 1 aliphatic heterocycles. The first-order valence-electron chi connectivity index (χ1n) is 10.1. The first-order chi connectivity index (χ1) is 13.3. The van der Waals surface area contributed by atoms with Gasteiger partial charge < -0.3 is 34.0 Å². The highest BCUT2D eigenvalue weighted by Crippen LogP contribution is 2.48. The number of hydrogen-bond acceptors (Lipinski definition) is 6. The lowest BCUT2D eigenvalue weighted by atomic mass is 9.81. The SMILES string of the molecule is B[C@@H]1O[C@H](COC)C(OP(O)(=S)OC)[C@@H]1CCCCCCCNC(=O)NCC. The van der Waals surface area contributed by atoms with Gasteiger partial charge in [0.15, 0.2) is 0 Å². The van der Waals surface area contributed by atoms with Gasteiger partial charge in [0, 0.05) is 39.2 Å². The number of carbonyl (C=O) groups is 1. The zero-order valence-corrected chi connectivity index (χ0v) is 19.2. The maximum Gasteiger partial charge on any atom is 0.324 e. The van der Waals surface area contributed by atoms with Gasteiger partial charge in [-0.1, -0.05) is 25.7 Å². The molecule has 1 rings (SSSR count). The molecule has 0 radical (unpaired) electrons. The van der Waals surface area contributed by atoms with E-state index in [1.807, 2.05) is 14.8 Å². The fraction of sp³-hybridized carbons (Fsp3) is 0.941. The van der Waals surface area contributed by atoms with E-state index in [-0.39, 0.29) is 30.2 Å². The second kappa shape index (κ2) is 13.9. The summed E-state index contributed by atoms with van der Waals surface area (Å²) in [6.07, 6.45) is 5.66. The lowest BCUT2D eigenvalue weighted by Gasteiger charge is -2.26. The standard InChI is InChI=1S/C17H36BN2O6PS/c1-4-19-17(21)20-11-9-7-5-6-8-10-13-15(26-27(22,28)24-3)14(12-23-2)25-16(13)18/h13-16H,4-12,18H2,1-3H3,(H,22,28)(H2,19,20,21)/t13-,14+,15?,16+,27?/m0/s1. The quantitative estimate of drug-likeness (QED) is 0.215. The summed E-state index contributed by atoms with van der Waals surface area (Å²) in [5.74, 6) is 0.143. The van der Waals surface area contributed by atoms with Crippen LogP contribution in [0.1, 0.15) is 45.4 Å². The molecule has 0 spiro atoms. The summed E-state index contributed by atoms with van der Waals surface area (Å²) in [5, 5.41) is 5.55. The van der Waals surface area contributed by atoms with Gasteiger partial charge in [0.25, 0.3) is 0 Å². The number of carbonyl (C=O) groups excluding carboxylic acids is 1. The molecular weight excluding hydrogens is 402 g/mol. The third-order valence-electron chi connectivity index (χ3n) is 4.93. The molecular formula is C17H36BN2O6PS. The van der Waals surface area contributed by atoms with E-state index in [1.54, 1.807) is 7.11 Å². The van der Waals surface area contributed by atoms with Crippen LogP contribution in [0, 0.1) is 5.92 Å². The minimum Gasteiger partial charge on any atom is -0.382 e. The van der Waals surface area contributed by atoms with Crippen LogP contribution in [-0.4, -0.2) is 70.9 Å². The lowest BCUT2D eigenvalue weighted by molar-refractivity contribution is -0.0147. The van der Waals surface area contributed by atoms with Crippen LogP contribution in [-0.2, 0) is 30.3 Å². The minimum atomic E-state index is -3.26. The maximum atomic E-state index is 11.3. The highest BCUT2D eigenvalue weighted by atomic mass is 32.5. The average molecular weight is 438 g/mol. The Morgan fingerprint density at radius 1 is 1.21 bits per heavy atom. The molecule has 2 amide bonds. The zero-order valence-electron chi connectivity index (χ0n) is 17.5. The molecule has 1 saturated heterocycles. The number of ether oxygens (including phenoxy) is 2. The first kappa shape index (κ1) is 25.8. The lowest BCUT2D eigenvalue weighted by Crippen LogP contribution is -2.35. The predicted octanol–water partition coefficient (Wildman–Crippen LogP) is 1.52. The second-order valence-electron chi connectivity index (χ2n) is 7.06. The van der Waals surface area contributed by atoms with Gasteiger partial charge in [-0.25, -0.2) is 4.79 Å². The second-order valence-corrected chi connectivity index (χ2v) is 9.96. The van der Waals surface area contributed by atoms with Crippen LogP contribution in [0.3, 0.4) is 0 Å². The monoisotopic (exact) mass is 438 g/mol. The van der Waals surface area contributed by atoms with Gasteiger partial charge in [-0.3, -0.25) is 0 Å². The number of rotatable bonds is 14. The summed E-state index contributed by atoms with van der Waals surface area (Å²) in [5.41, 5.74) is 0. The van der Waals surface area contributed by atoms with E-state index in [9.17, 15) is 9.69 Å². The van der Waals surface area contributed by atoms with Crippen molar-refractivity contribution >= 4 is 32.4 Å². The van der Waals surface area contributed by atoms with Gasteiger partial charge in [0.05, 0.1) is 6.61 Å². The third kappa shape index (κ3) is 9.52. The summed E-state index contributed by atoms with van der Waals surface area (Å²) in [4.78, 5) is 21.4. The molecule has 0 bridgehead atoms. The molecule has 0 aromatic rings. The summed E-state index contributed by atoms with van der Waals surface area (Å²) in [6.45, 7) is 0.370. The molecule has 0 aromatic carbocycles. The van der Waals surface area contributed by atoms with E-state index in [4.69, 9.17) is 30.3 Å². The van der Waals surface area contributed by atoms with Crippen LogP contribution in [0.5, 0.6) is 0 Å². The average Bonchev–Trinajstić information content (AvgIpc) is 2.92. The number of amides is 2. The van der Waals surface area contributed by atoms with Crippen LogP contribution in [0.2, 0.25) is 0 Å². The third-order valence-corrected chi connectivity index (χ3v) is 6.61. The molecule has 11 heteroatoms. The van der Waals surface area contributed by atoms with Crippen molar-refractivity contribution in [2.24, 2.45) is 5.92 Å². The fourth-order valence-electron chi connectivity index (χ4n) is 3.50. The predicted molar refractivity (Wildman–Crippen MR) is 116 cm³/mol. The topological polar surface area (TPSA) is 98.3 Å². The highest BCUT2D eigenvalue weighted by molar-refractivity contribution is 8.07. The normalized spacial score (nSPS) is 26.7. The Morgan fingerprint density at radius 2 is 1.89 bits per heavy atom. The van der Waals surface area contributed by atoms with Gasteiger partial charge in [0.1, 0.15) is 20.1 Å². The van der Waals surface area contributed by atoms with E-state index >= 15 is 0 Å². The van der Waals surface area contributed by atoms with Crippen LogP contribution >= 0.6 is 6.72 Å². The van der Waals surface area contributed by atoms with Crippen LogP contribution in [0.25, 0.3) is 0 Å². The van der Waals surface area contributed by atoms with Crippen molar-refractivity contribution in [2.45, 2.75) is 63.7 Å². The maximum absolute atomic E-state index is 11.3. The number of unbranched alkanes of at least 4 members (excludes halogenated alkanes) is 4. The largest absolute Gasteiger partial charge is 0.382 e. The molecule has 164 valence electrons. The van der Waals surface area contributed by atoms with Crippen molar-refractivity contribution in [3.8, 4) is 0 Å². The van der Waals surface area contributed by atoms with Crippen molar-refractivity contribution in [3.63, 3.8) is 0 Å². The Bertz CT molecular complexity index is 504. The van der Waals surface area contributed by atoms with Gasteiger partial charge in [-0.2, -0.15) is 0 Å². The van der Waals surface area contributed by atoms with Gasteiger partial charge in [-0.15, -0.1) is 0 Å². The highest BCUT2D eigenvalue weighted by Gasteiger charge is 2.44. The molecule has 0 saturated carbocycles. The van der Waals surface area contributed by atoms with Gasteiger partial charge in [-0.05, 0) is 31.6 Å². The van der Waals surface area contributed by atoms with E-state index in [2.05, 4.69) is 10.6 Å². The Hall–Kier alpha value is -0.215. The van der Waals surface area contributed by atoms with Crippen molar-refractivity contribution in [1.29, 1.82) is 0 Å². The molecule has 1 fully saturated rings. The van der Waals surface area contributed by atoms with Crippen LogP contribution in [0.15, 0.2) is 0 Å². The molecule has 3 N–H and O–H groups in total. The van der Waals surface area contributed by atoms with Crippen molar-refractivity contribution < 1.29 is 28.2 Å². The molecule has 2 unspecified atom stereocenters. The summed E-state index contributed by atoms with van der Waals surface area (Å²) in [6, 6.07) is -0.0896. The van der Waals surface area contributed by atoms with E-state index in [0.29, 0.717) is 19.7 Å². The van der Waals surface area contributed by atoms with Gasteiger partial charge in [0.2, 0.25) is 0 Å². The number of nitrogens with one attached hydrogen (secondary N) is 2. The zero-order chi connectivity index (χ0) is 21.0. The van der Waals surface area contributed by atoms with E-state index in [0.717, 1.165) is 38.5 Å². The Kier molecular flexibility index (Phi) is 12.8. The Labute approximate surface area is 175 Å². The van der Waals surface area contributed by atoms with E-state index < -0.39 is 6.72 Å². The van der Waals surface area contributed by atoms with E-state index in [1.165, 1.54) is 7.11 Å². The fourth-order valence-corrected chi connectivity index (χ4v) is 4.48. The molecule has 0 aliphatic carbocycles. The number of methoxy groups -OCH3 is 1. The Morgan fingerprint density at radius 3 is 2.54 bits per heavy atom. The number of hydrogen-bond donors (Lipinski definition) is 3. The molecule has 1 aliphatic rings. The van der Waals surface area contributed by atoms with Crippen LogP contribution < -0.4 is 10.6 Å². The Balaban J connectivity index is 2.33. The molecule has 28 heavy (non-hydrogen) atoms. The molecule has 1 heterocycles. The van der Waals surface area contributed by atoms with Crippen LogP contribution in [0.4, 0.5) is 4.79 Å². The van der Waals surface area contributed by atoms with Crippen molar-refractivity contribution in [2.75, 3.05) is 33.9 Å². The summed E-state index contributed by atoms with van der Waals surface area (Å²) in [7, 11) is 5.00. The summed E-state index contributed by atoms with van der Waals surface area (Å²) < 4.78 is 21.9. The minimum absolute atomic E-state index is 0.0123. The number of urea groups is 1. The molecule has 0 aromatic heterocycles. The van der Waals surface area contributed by atoms with Gasteiger partial charge >= 0.3 is 12.7 Å². The smallest absolute Gasteiger partial charge is 0.324 e. The van der Waals surface area contributed by atoms with Crippen molar-refractivity contribution in [3.05, 3.63) is 0 Å². The molecule has 5 atom stereocenters.